The Bertz CT molecular complexity index is 405. The number of nitrogens with zero attached hydrogens (tertiary/aromatic N) is 2. The van der Waals surface area contributed by atoms with Crippen LogP contribution in [0.15, 0.2) is 18.2 Å². The molecule has 4 heteroatoms. The van der Waals surface area contributed by atoms with E-state index in [1.165, 1.54) is 12.1 Å². The van der Waals surface area contributed by atoms with Gasteiger partial charge in [-0.3, -0.25) is 4.90 Å². The largest absolute Gasteiger partial charge is 0.314 e. The van der Waals surface area contributed by atoms with Gasteiger partial charge in [0.2, 0.25) is 0 Å². The molecule has 1 aliphatic rings. The average molecular weight is 219 g/mol. The van der Waals surface area contributed by atoms with Crippen LogP contribution in [0.3, 0.4) is 0 Å². The van der Waals surface area contributed by atoms with Crippen molar-refractivity contribution in [2.75, 3.05) is 26.2 Å². The quantitative estimate of drug-likeness (QED) is 0.809. The van der Waals surface area contributed by atoms with Crippen LogP contribution in [0, 0.1) is 17.1 Å². The predicted molar refractivity (Wildman–Crippen MR) is 59.3 cm³/mol. The first kappa shape index (κ1) is 11.1. The van der Waals surface area contributed by atoms with Gasteiger partial charge in [0.05, 0.1) is 11.6 Å². The first-order chi connectivity index (χ1) is 7.79. The highest BCUT2D eigenvalue weighted by Gasteiger charge is 2.12. The highest BCUT2D eigenvalue weighted by Crippen LogP contribution is 2.13. The van der Waals surface area contributed by atoms with E-state index in [9.17, 15) is 4.39 Å². The Labute approximate surface area is 94.5 Å². The molecule has 1 aliphatic heterocycles. The SMILES string of the molecule is N#Cc1cc(F)ccc1CN1CCNCC1. The number of nitrogens with one attached hydrogen (secondary N) is 1. The van der Waals surface area contributed by atoms with Crippen molar-refractivity contribution in [3.05, 3.63) is 35.1 Å². The van der Waals surface area contributed by atoms with Gasteiger partial charge in [-0.05, 0) is 17.7 Å². The number of hydrogen-bond donors (Lipinski definition) is 1. The highest BCUT2D eigenvalue weighted by molar-refractivity contribution is 5.37. The minimum atomic E-state index is -0.347. The Balaban J connectivity index is 2.11. The molecule has 0 atom stereocenters. The van der Waals surface area contributed by atoms with Gasteiger partial charge in [0.25, 0.3) is 0 Å². The Morgan fingerprint density at radius 2 is 2.12 bits per heavy atom. The average Bonchev–Trinajstić information content (AvgIpc) is 2.33. The van der Waals surface area contributed by atoms with Crippen molar-refractivity contribution < 1.29 is 4.39 Å². The third kappa shape index (κ3) is 2.57. The van der Waals surface area contributed by atoms with Crippen LogP contribution in [-0.4, -0.2) is 31.1 Å². The van der Waals surface area contributed by atoms with E-state index in [1.54, 1.807) is 6.07 Å². The van der Waals surface area contributed by atoms with Gasteiger partial charge < -0.3 is 5.32 Å². The van der Waals surface area contributed by atoms with E-state index in [1.807, 2.05) is 6.07 Å². The smallest absolute Gasteiger partial charge is 0.124 e. The molecule has 0 spiro atoms. The molecule has 1 fully saturated rings. The molecule has 1 heterocycles. The molecule has 1 aromatic rings. The molecule has 0 saturated carbocycles. The molecule has 0 radical (unpaired) electrons. The number of hydrogen-bond acceptors (Lipinski definition) is 3. The summed E-state index contributed by atoms with van der Waals surface area (Å²) in [4.78, 5) is 2.27. The van der Waals surface area contributed by atoms with Crippen molar-refractivity contribution in [1.82, 2.24) is 10.2 Å². The highest BCUT2D eigenvalue weighted by atomic mass is 19.1. The van der Waals surface area contributed by atoms with Crippen molar-refractivity contribution in [1.29, 1.82) is 5.26 Å². The molecular formula is C12H14FN3. The van der Waals surface area contributed by atoms with E-state index >= 15 is 0 Å². The fraction of sp³-hybridized carbons (Fsp3) is 0.417. The maximum Gasteiger partial charge on any atom is 0.124 e. The van der Waals surface area contributed by atoms with Crippen LogP contribution >= 0.6 is 0 Å². The second-order valence-electron chi connectivity index (χ2n) is 3.94. The van der Waals surface area contributed by atoms with E-state index in [4.69, 9.17) is 5.26 Å². The van der Waals surface area contributed by atoms with Gasteiger partial charge in [-0.1, -0.05) is 6.07 Å². The minimum Gasteiger partial charge on any atom is -0.314 e. The molecule has 1 N–H and O–H groups in total. The van der Waals surface area contributed by atoms with Crippen molar-refractivity contribution in [3.63, 3.8) is 0 Å². The molecule has 0 aromatic heterocycles. The van der Waals surface area contributed by atoms with Crippen LogP contribution in [0.2, 0.25) is 0 Å². The summed E-state index contributed by atoms with van der Waals surface area (Å²) in [5, 5.41) is 12.2. The van der Waals surface area contributed by atoms with Crippen LogP contribution in [0.25, 0.3) is 0 Å². The van der Waals surface area contributed by atoms with E-state index < -0.39 is 0 Å². The van der Waals surface area contributed by atoms with Crippen molar-refractivity contribution >= 4 is 0 Å². The van der Waals surface area contributed by atoms with Gasteiger partial charge in [-0.25, -0.2) is 4.39 Å². The Morgan fingerprint density at radius 1 is 1.38 bits per heavy atom. The van der Waals surface area contributed by atoms with Crippen LogP contribution < -0.4 is 5.32 Å². The Hall–Kier alpha value is -1.44. The fourth-order valence-electron chi connectivity index (χ4n) is 1.90. The summed E-state index contributed by atoms with van der Waals surface area (Å²) in [6, 6.07) is 6.47. The lowest BCUT2D eigenvalue weighted by atomic mass is 10.1. The van der Waals surface area contributed by atoms with Crippen LogP contribution in [0.4, 0.5) is 4.39 Å². The summed E-state index contributed by atoms with van der Waals surface area (Å²) in [5.74, 6) is -0.347. The van der Waals surface area contributed by atoms with E-state index in [2.05, 4.69) is 10.2 Å². The fourth-order valence-corrected chi connectivity index (χ4v) is 1.90. The molecule has 1 saturated heterocycles. The van der Waals surface area contributed by atoms with E-state index in [-0.39, 0.29) is 5.82 Å². The van der Waals surface area contributed by atoms with Gasteiger partial charge in [-0.15, -0.1) is 0 Å². The normalized spacial score (nSPS) is 17.0. The van der Waals surface area contributed by atoms with E-state index in [0.29, 0.717) is 5.56 Å². The van der Waals surface area contributed by atoms with Gasteiger partial charge >= 0.3 is 0 Å². The molecule has 0 bridgehead atoms. The van der Waals surface area contributed by atoms with Gasteiger partial charge in [-0.2, -0.15) is 5.26 Å². The summed E-state index contributed by atoms with van der Waals surface area (Å²) in [6.45, 7) is 4.63. The maximum atomic E-state index is 12.9. The number of piperazine rings is 1. The predicted octanol–water partition coefficient (Wildman–Crippen LogP) is 1.10. The third-order valence-corrected chi connectivity index (χ3v) is 2.80. The number of rotatable bonds is 2. The molecule has 0 aliphatic carbocycles. The molecule has 3 nitrogen and oxygen atoms in total. The Kier molecular flexibility index (Phi) is 3.50. The molecule has 1 aromatic carbocycles. The zero-order valence-corrected chi connectivity index (χ0v) is 9.04. The summed E-state index contributed by atoms with van der Waals surface area (Å²) >= 11 is 0. The van der Waals surface area contributed by atoms with E-state index in [0.717, 1.165) is 38.3 Å². The zero-order valence-electron chi connectivity index (χ0n) is 9.04. The Morgan fingerprint density at radius 3 is 2.81 bits per heavy atom. The lowest BCUT2D eigenvalue weighted by Gasteiger charge is -2.27. The van der Waals surface area contributed by atoms with Crippen molar-refractivity contribution in [2.45, 2.75) is 6.54 Å². The molecule has 0 unspecified atom stereocenters. The van der Waals surface area contributed by atoms with Crippen LogP contribution in [0.5, 0.6) is 0 Å². The first-order valence-electron chi connectivity index (χ1n) is 5.41. The van der Waals surface area contributed by atoms with Crippen molar-refractivity contribution in [2.24, 2.45) is 0 Å². The van der Waals surface area contributed by atoms with Gasteiger partial charge in [0.15, 0.2) is 0 Å². The standard InChI is InChI=1S/C12H14FN3/c13-12-2-1-10(11(7-12)8-14)9-16-5-3-15-4-6-16/h1-2,7,15H,3-6,9H2. The first-order valence-corrected chi connectivity index (χ1v) is 5.41. The van der Waals surface area contributed by atoms with Crippen molar-refractivity contribution in [3.8, 4) is 6.07 Å². The number of benzene rings is 1. The van der Waals surface area contributed by atoms with Gasteiger partial charge in [0.1, 0.15) is 5.82 Å². The van der Waals surface area contributed by atoms with Gasteiger partial charge in [0, 0.05) is 32.7 Å². The lowest BCUT2D eigenvalue weighted by Crippen LogP contribution is -2.43. The second-order valence-corrected chi connectivity index (χ2v) is 3.94. The topological polar surface area (TPSA) is 39.1 Å². The number of halogens is 1. The third-order valence-electron chi connectivity index (χ3n) is 2.80. The summed E-state index contributed by atoms with van der Waals surface area (Å²) < 4.78 is 12.9. The molecule has 2 rings (SSSR count). The minimum absolute atomic E-state index is 0.347. The second kappa shape index (κ2) is 5.06. The number of nitriles is 1. The summed E-state index contributed by atoms with van der Waals surface area (Å²) in [5.41, 5.74) is 1.35. The molecular weight excluding hydrogens is 205 g/mol. The zero-order chi connectivity index (χ0) is 11.4. The maximum absolute atomic E-state index is 12.9. The molecule has 0 amide bonds. The molecule has 16 heavy (non-hydrogen) atoms. The monoisotopic (exact) mass is 219 g/mol. The molecule has 84 valence electrons. The van der Waals surface area contributed by atoms with Crippen LogP contribution in [-0.2, 0) is 6.54 Å². The lowest BCUT2D eigenvalue weighted by molar-refractivity contribution is 0.233. The van der Waals surface area contributed by atoms with Crippen LogP contribution in [0.1, 0.15) is 11.1 Å². The summed E-state index contributed by atoms with van der Waals surface area (Å²) in [6.07, 6.45) is 0. The summed E-state index contributed by atoms with van der Waals surface area (Å²) in [7, 11) is 0.